The molecule has 186 valence electrons. The Morgan fingerprint density at radius 1 is 1.11 bits per heavy atom. The number of nitrogens with one attached hydrogen (secondary N) is 2. The topological polar surface area (TPSA) is 155 Å². The molecule has 2 aromatic carbocycles. The molecule has 3 aromatic rings. The second-order valence-corrected chi connectivity index (χ2v) is 9.93. The van der Waals surface area contributed by atoms with E-state index in [9.17, 15) is 13.2 Å². The minimum absolute atomic E-state index is 0.00223. The van der Waals surface area contributed by atoms with Gasteiger partial charge in [-0.15, -0.1) is 0 Å². The van der Waals surface area contributed by atoms with Crippen LogP contribution < -0.4 is 10.5 Å². The molecular weight excluding hydrogens is 468 g/mol. The number of rotatable bonds is 13. The lowest BCUT2D eigenvalue weighted by Crippen LogP contribution is -2.40. The standard InChI is InChI=1S/C24H30N6O4S/c1-2-3-13-30(23(31)15-27-35(32,33)17-19-7-5-4-6-8-19)16-22-28-21(29-34-22)14-18-9-11-20(12-10-18)24(25)26/h4-12,27H,2-3,13-17H2,1H3,(H3,25,26). The Balaban J connectivity index is 1.59. The molecule has 0 spiro atoms. The van der Waals surface area contributed by atoms with E-state index in [0.717, 1.165) is 18.4 Å². The fraction of sp³-hybridized carbons (Fsp3) is 0.333. The zero-order valence-electron chi connectivity index (χ0n) is 19.6. The molecule has 0 bridgehead atoms. The SMILES string of the molecule is CCCCN(Cc1nc(Cc2ccc(C(=N)N)cc2)no1)C(=O)CNS(=O)(=O)Cc1ccccc1. The molecule has 0 saturated carbocycles. The number of nitrogen functional groups attached to an aromatic ring is 1. The van der Waals surface area contributed by atoms with E-state index >= 15 is 0 Å². The molecule has 0 aliphatic heterocycles. The summed E-state index contributed by atoms with van der Waals surface area (Å²) in [5.41, 5.74) is 7.68. The Kier molecular flexibility index (Phi) is 9.10. The van der Waals surface area contributed by atoms with Gasteiger partial charge in [0.2, 0.25) is 21.8 Å². The molecular formula is C24H30N6O4S. The average molecular weight is 499 g/mol. The van der Waals surface area contributed by atoms with E-state index in [2.05, 4.69) is 14.9 Å². The van der Waals surface area contributed by atoms with Crippen LogP contribution in [0.1, 0.15) is 48.2 Å². The van der Waals surface area contributed by atoms with Crippen molar-refractivity contribution in [2.75, 3.05) is 13.1 Å². The van der Waals surface area contributed by atoms with E-state index in [0.29, 0.717) is 29.9 Å². The summed E-state index contributed by atoms with van der Waals surface area (Å²) in [6.45, 7) is 2.20. The van der Waals surface area contributed by atoms with E-state index in [1.54, 1.807) is 36.4 Å². The van der Waals surface area contributed by atoms with Crippen molar-refractivity contribution in [3.05, 3.63) is 83.0 Å². The molecule has 0 atom stereocenters. The lowest BCUT2D eigenvalue weighted by atomic mass is 10.1. The van der Waals surface area contributed by atoms with Crippen molar-refractivity contribution in [1.82, 2.24) is 19.8 Å². The van der Waals surface area contributed by atoms with Gasteiger partial charge in [0.05, 0.1) is 12.3 Å². The molecule has 0 aliphatic rings. The molecule has 0 saturated heterocycles. The Morgan fingerprint density at radius 3 is 2.49 bits per heavy atom. The molecule has 1 heterocycles. The summed E-state index contributed by atoms with van der Waals surface area (Å²) in [4.78, 5) is 18.7. The molecule has 0 radical (unpaired) electrons. The highest BCUT2D eigenvalue weighted by Gasteiger charge is 2.20. The predicted molar refractivity (Wildman–Crippen MR) is 132 cm³/mol. The highest BCUT2D eigenvalue weighted by Crippen LogP contribution is 2.11. The molecule has 0 unspecified atom stereocenters. The van der Waals surface area contributed by atoms with Gasteiger partial charge in [0, 0.05) is 18.5 Å². The third-order valence-electron chi connectivity index (χ3n) is 5.24. The fourth-order valence-electron chi connectivity index (χ4n) is 3.34. The number of aromatic nitrogens is 2. The second kappa shape index (κ2) is 12.2. The van der Waals surface area contributed by atoms with E-state index < -0.39 is 10.0 Å². The van der Waals surface area contributed by atoms with Gasteiger partial charge < -0.3 is 15.2 Å². The van der Waals surface area contributed by atoms with Gasteiger partial charge in [-0.05, 0) is 17.5 Å². The lowest BCUT2D eigenvalue weighted by molar-refractivity contribution is -0.131. The first-order valence-electron chi connectivity index (χ1n) is 11.3. The van der Waals surface area contributed by atoms with Gasteiger partial charge in [-0.2, -0.15) is 4.98 Å². The van der Waals surface area contributed by atoms with Crippen molar-refractivity contribution >= 4 is 21.8 Å². The number of carbonyl (C=O) groups is 1. The summed E-state index contributed by atoms with van der Waals surface area (Å²) in [6, 6.07) is 16.0. The van der Waals surface area contributed by atoms with Crippen molar-refractivity contribution in [3.8, 4) is 0 Å². The maximum atomic E-state index is 12.8. The molecule has 4 N–H and O–H groups in total. The van der Waals surface area contributed by atoms with Crippen molar-refractivity contribution in [1.29, 1.82) is 5.41 Å². The number of benzene rings is 2. The number of nitrogens with two attached hydrogens (primary N) is 1. The van der Waals surface area contributed by atoms with Crippen LogP contribution in [0.25, 0.3) is 0 Å². The smallest absolute Gasteiger partial charge is 0.246 e. The first kappa shape index (κ1) is 26.0. The van der Waals surface area contributed by atoms with Crippen LogP contribution in [0.4, 0.5) is 0 Å². The third-order valence-corrected chi connectivity index (χ3v) is 6.54. The van der Waals surface area contributed by atoms with Crippen LogP contribution in [0, 0.1) is 5.41 Å². The maximum absolute atomic E-state index is 12.8. The molecule has 0 aliphatic carbocycles. The minimum Gasteiger partial charge on any atom is -0.384 e. The normalized spacial score (nSPS) is 11.3. The number of sulfonamides is 1. The Labute approximate surface area is 205 Å². The van der Waals surface area contributed by atoms with Gasteiger partial charge >= 0.3 is 0 Å². The second-order valence-electron chi connectivity index (χ2n) is 8.13. The van der Waals surface area contributed by atoms with Crippen molar-refractivity contribution < 1.29 is 17.7 Å². The maximum Gasteiger partial charge on any atom is 0.246 e. The fourth-order valence-corrected chi connectivity index (χ4v) is 4.42. The Hall–Kier alpha value is -3.57. The summed E-state index contributed by atoms with van der Waals surface area (Å²) >= 11 is 0. The van der Waals surface area contributed by atoms with E-state index in [-0.39, 0.29) is 36.5 Å². The van der Waals surface area contributed by atoms with Crippen LogP contribution in [0.3, 0.4) is 0 Å². The van der Waals surface area contributed by atoms with Gasteiger partial charge in [-0.1, -0.05) is 73.1 Å². The molecule has 0 fully saturated rings. The van der Waals surface area contributed by atoms with Gasteiger partial charge in [0.1, 0.15) is 12.4 Å². The largest absolute Gasteiger partial charge is 0.384 e. The van der Waals surface area contributed by atoms with Gasteiger partial charge in [0.15, 0.2) is 5.82 Å². The van der Waals surface area contributed by atoms with E-state index in [1.807, 2.05) is 25.1 Å². The molecule has 3 rings (SSSR count). The molecule has 35 heavy (non-hydrogen) atoms. The number of hydrogen-bond acceptors (Lipinski definition) is 7. The van der Waals surface area contributed by atoms with Crippen LogP contribution in [-0.4, -0.2) is 48.3 Å². The Bertz CT molecular complexity index is 1230. The summed E-state index contributed by atoms with van der Waals surface area (Å²) in [5.74, 6) is 0.169. The monoisotopic (exact) mass is 498 g/mol. The lowest BCUT2D eigenvalue weighted by Gasteiger charge is -2.21. The van der Waals surface area contributed by atoms with E-state index in [4.69, 9.17) is 15.7 Å². The van der Waals surface area contributed by atoms with E-state index in [1.165, 1.54) is 4.90 Å². The van der Waals surface area contributed by atoms with Gasteiger partial charge in [-0.25, -0.2) is 13.1 Å². The van der Waals surface area contributed by atoms with Crippen LogP contribution in [0.15, 0.2) is 59.1 Å². The number of carbonyl (C=O) groups excluding carboxylic acids is 1. The van der Waals surface area contributed by atoms with Gasteiger partial charge in [-0.3, -0.25) is 10.2 Å². The molecule has 10 nitrogen and oxygen atoms in total. The minimum atomic E-state index is -3.67. The van der Waals surface area contributed by atoms with Crippen molar-refractivity contribution in [2.24, 2.45) is 5.73 Å². The average Bonchev–Trinajstić information content (AvgIpc) is 3.27. The summed E-state index contributed by atoms with van der Waals surface area (Å²) in [6.07, 6.45) is 2.05. The quantitative estimate of drug-likeness (QED) is 0.241. The van der Waals surface area contributed by atoms with Gasteiger partial charge in [0.25, 0.3) is 0 Å². The number of amidine groups is 1. The highest BCUT2D eigenvalue weighted by molar-refractivity contribution is 7.88. The molecule has 1 amide bonds. The first-order valence-corrected chi connectivity index (χ1v) is 12.9. The number of amides is 1. The molecule has 11 heteroatoms. The van der Waals surface area contributed by atoms with Crippen LogP contribution >= 0.6 is 0 Å². The zero-order chi connectivity index (χ0) is 25.3. The van der Waals surface area contributed by atoms with Crippen LogP contribution in [0.2, 0.25) is 0 Å². The first-order chi connectivity index (χ1) is 16.8. The summed E-state index contributed by atoms with van der Waals surface area (Å²) in [5, 5.41) is 11.5. The van der Waals surface area contributed by atoms with Crippen LogP contribution in [0.5, 0.6) is 0 Å². The van der Waals surface area contributed by atoms with Crippen LogP contribution in [-0.2, 0) is 33.5 Å². The number of nitrogens with zero attached hydrogens (tertiary/aromatic N) is 3. The highest BCUT2D eigenvalue weighted by atomic mass is 32.2. The summed E-state index contributed by atoms with van der Waals surface area (Å²) in [7, 11) is -3.67. The Morgan fingerprint density at radius 2 is 1.83 bits per heavy atom. The van der Waals surface area contributed by atoms with Crippen molar-refractivity contribution in [3.63, 3.8) is 0 Å². The zero-order valence-corrected chi connectivity index (χ0v) is 20.4. The number of unbranched alkanes of at least 4 members (excludes halogenated alkanes) is 1. The number of hydrogen-bond donors (Lipinski definition) is 3. The molecule has 1 aromatic heterocycles. The predicted octanol–water partition coefficient (Wildman–Crippen LogP) is 2.19. The van der Waals surface area contributed by atoms with Crippen molar-refractivity contribution in [2.45, 2.75) is 38.5 Å². The summed E-state index contributed by atoms with van der Waals surface area (Å²) < 4.78 is 32.5. The third kappa shape index (κ3) is 8.30.